The summed E-state index contributed by atoms with van der Waals surface area (Å²) in [5, 5.41) is 3.25. The maximum absolute atomic E-state index is 11.6. The van der Waals surface area contributed by atoms with E-state index in [9.17, 15) is 4.79 Å². The van der Waals surface area contributed by atoms with Crippen LogP contribution in [0.25, 0.3) is 0 Å². The minimum atomic E-state index is 0.232. The second-order valence-electron chi connectivity index (χ2n) is 4.18. The summed E-state index contributed by atoms with van der Waals surface area (Å²) in [6.45, 7) is 2.93. The number of carbonyl (C=O) groups is 1. The molecule has 1 atom stereocenters. The van der Waals surface area contributed by atoms with Gasteiger partial charge in [-0.25, -0.2) is 0 Å². The third-order valence-electron chi connectivity index (χ3n) is 2.92. The molecule has 1 aliphatic rings. The van der Waals surface area contributed by atoms with Crippen LogP contribution in [0.1, 0.15) is 31.2 Å². The van der Waals surface area contributed by atoms with E-state index in [2.05, 4.69) is 24.4 Å². The van der Waals surface area contributed by atoms with Crippen LogP contribution in [-0.2, 0) is 4.79 Å². The summed E-state index contributed by atoms with van der Waals surface area (Å²) in [4.78, 5) is 11.6. The average molecular weight is 215 g/mol. The van der Waals surface area contributed by atoms with Crippen molar-refractivity contribution in [1.82, 2.24) is 5.32 Å². The van der Waals surface area contributed by atoms with Crippen LogP contribution in [0, 0.1) is 0 Å². The highest BCUT2D eigenvalue weighted by Gasteiger charge is 2.21. The van der Waals surface area contributed by atoms with Crippen LogP contribution >= 0.6 is 0 Å². The fraction of sp³-hybridized carbons (Fsp3) is 0.357. The number of allylic oxidation sites excluding steroid dienone is 2. The van der Waals surface area contributed by atoms with Gasteiger partial charge in [0.25, 0.3) is 0 Å². The van der Waals surface area contributed by atoms with Crippen LogP contribution in [0.3, 0.4) is 0 Å². The Labute approximate surface area is 96.4 Å². The van der Waals surface area contributed by atoms with Gasteiger partial charge < -0.3 is 5.32 Å². The first-order valence-corrected chi connectivity index (χ1v) is 5.82. The molecule has 2 heteroatoms. The number of rotatable bonds is 3. The second-order valence-corrected chi connectivity index (χ2v) is 4.18. The van der Waals surface area contributed by atoms with Crippen LogP contribution in [-0.4, -0.2) is 12.3 Å². The maximum atomic E-state index is 11.6. The molecule has 0 saturated heterocycles. The zero-order valence-electron chi connectivity index (χ0n) is 9.57. The molecule has 84 valence electrons. The highest BCUT2D eigenvalue weighted by atomic mass is 16.1. The molecule has 1 N–H and O–H groups in total. The lowest BCUT2D eigenvalue weighted by Crippen LogP contribution is -2.21. The Balaban J connectivity index is 2.15. The summed E-state index contributed by atoms with van der Waals surface area (Å²) >= 11 is 0. The van der Waals surface area contributed by atoms with E-state index in [-0.39, 0.29) is 5.78 Å². The predicted molar refractivity (Wildman–Crippen MR) is 65.2 cm³/mol. The van der Waals surface area contributed by atoms with E-state index in [0.29, 0.717) is 12.3 Å². The smallest absolute Gasteiger partial charge is 0.158 e. The summed E-state index contributed by atoms with van der Waals surface area (Å²) in [5.41, 5.74) is 2.34. The van der Waals surface area contributed by atoms with Gasteiger partial charge in [0.1, 0.15) is 0 Å². The molecule has 0 unspecified atom stereocenters. The number of benzene rings is 1. The highest BCUT2D eigenvalue weighted by Crippen LogP contribution is 2.30. The Morgan fingerprint density at radius 1 is 1.25 bits per heavy atom. The molecule has 1 aromatic carbocycles. The van der Waals surface area contributed by atoms with Crippen molar-refractivity contribution in [3.63, 3.8) is 0 Å². The van der Waals surface area contributed by atoms with E-state index in [1.165, 1.54) is 5.56 Å². The minimum absolute atomic E-state index is 0.232. The monoisotopic (exact) mass is 215 g/mol. The fourth-order valence-electron chi connectivity index (χ4n) is 2.20. The SMILES string of the molecule is CCNC1=CC(=O)C[C@H](c2ccccc2)C1. The van der Waals surface area contributed by atoms with Gasteiger partial charge in [0.15, 0.2) is 5.78 Å². The standard InChI is InChI=1S/C14H17NO/c1-2-15-13-8-12(9-14(16)10-13)11-6-4-3-5-7-11/h3-7,10,12,15H,2,8-9H2,1H3/t12-/m1/s1. The Hall–Kier alpha value is -1.57. The Kier molecular flexibility index (Phi) is 3.40. The van der Waals surface area contributed by atoms with Gasteiger partial charge in [0, 0.05) is 24.7 Å². The van der Waals surface area contributed by atoms with Gasteiger partial charge in [-0.3, -0.25) is 4.79 Å². The number of hydrogen-bond donors (Lipinski definition) is 1. The fourth-order valence-corrected chi connectivity index (χ4v) is 2.20. The molecule has 0 radical (unpaired) electrons. The van der Waals surface area contributed by atoms with Gasteiger partial charge >= 0.3 is 0 Å². The van der Waals surface area contributed by atoms with Gasteiger partial charge in [0.05, 0.1) is 0 Å². The van der Waals surface area contributed by atoms with Crippen LogP contribution in [0.2, 0.25) is 0 Å². The molecule has 0 spiro atoms. The van der Waals surface area contributed by atoms with Crippen LogP contribution in [0.4, 0.5) is 0 Å². The Bertz CT molecular complexity index is 394. The number of nitrogens with one attached hydrogen (secondary N) is 1. The molecular formula is C14H17NO. The summed E-state index contributed by atoms with van der Waals surface area (Å²) in [6.07, 6.45) is 3.34. The molecule has 16 heavy (non-hydrogen) atoms. The zero-order valence-corrected chi connectivity index (χ0v) is 9.57. The van der Waals surface area contributed by atoms with Gasteiger partial charge in [-0.05, 0) is 24.8 Å². The molecule has 0 heterocycles. The molecule has 0 saturated carbocycles. The van der Waals surface area contributed by atoms with Crippen molar-refractivity contribution in [3.05, 3.63) is 47.7 Å². The maximum Gasteiger partial charge on any atom is 0.158 e. The molecule has 2 nitrogen and oxygen atoms in total. The van der Waals surface area contributed by atoms with Crippen LogP contribution in [0.5, 0.6) is 0 Å². The van der Waals surface area contributed by atoms with Crippen molar-refractivity contribution in [1.29, 1.82) is 0 Å². The van der Waals surface area contributed by atoms with E-state index in [4.69, 9.17) is 0 Å². The van der Waals surface area contributed by atoms with Crippen molar-refractivity contribution in [2.24, 2.45) is 0 Å². The minimum Gasteiger partial charge on any atom is -0.389 e. The lowest BCUT2D eigenvalue weighted by atomic mass is 9.85. The number of carbonyl (C=O) groups excluding carboxylic acids is 1. The summed E-state index contributed by atoms with van der Waals surface area (Å²) in [5.74, 6) is 0.573. The summed E-state index contributed by atoms with van der Waals surface area (Å²) in [7, 11) is 0. The first-order valence-electron chi connectivity index (χ1n) is 5.82. The molecule has 0 bridgehead atoms. The van der Waals surface area contributed by atoms with E-state index in [0.717, 1.165) is 18.7 Å². The quantitative estimate of drug-likeness (QED) is 0.839. The summed E-state index contributed by atoms with van der Waals surface area (Å²) in [6, 6.07) is 10.3. The van der Waals surface area contributed by atoms with Gasteiger partial charge in [-0.15, -0.1) is 0 Å². The van der Waals surface area contributed by atoms with Gasteiger partial charge in [-0.1, -0.05) is 30.3 Å². The van der Waals surface area contributed by atoms with E-state index in [1.807, 2.05) is 18.2 Å². The topological polar surface area (TPSA) is 29.1 Å². The van der Waals surface area contributed by atoms with Crippen molar-refractivity contribution in [3.8, 4) is 0 Å². The van der Waals surface area contributed by atoms with Gasteiger partial charge in [0.2, 0.25) is 0 Å². The van der Waals surface area contributed by atoms with Crippen LogP contribution < -0.4 is 5.32 Å². The Morgan fingerprint density at radius 2 is 2.00 bits per heavy atom. The largest absolute Gasteiger partial charge is 0.389 e. The van der Waals surface area contributed by atoms with Gasteiger partial charge in [-0.2, -0.15) is 0 Å². The Morgan fingerprint density at radius 3 is 2.69 bits per heavy atom. The molecule has 1 aliphatic carbocycles. The lowest BCUT2D eigenvalue weighted by molar-refractivity contribution is -0.115. The molecule has 0 aliphatic heterocycles. The molecule has 0 aromatic heterocycles. The lowest BCUT2D eigenvalue weighted by Gasteiger charge is -2.22. The molecule has 0 amide bonds. The molecule has 0 fully saturated rings. The van der Waals surface area contributed by atoms with Crippen molar-refractivity contribution in [2.75, 3.05) is 6.54 Å². The van der Waals surface area contributed by atoms with Crippen molar-refractivity contribution < 1.29 is 4.79 Å². The molecular weight excluding hydrogens is 198 g/mol. The number of hydrogen-bond acceptors (Lipinski definition) is 2. The van der Waals surface area contributed by atoms with Crippen molar-refractivity contribution in [2.45, 2.75) is 25.7 Å². The normalized spacial score (nSPS) is 20.4. The first-order chi connectivity index (χ1) is 7.79. The third-order valence-corrected chi connectivity index (χ3v) is 2.92. The predicted octanol–water partition coefficient (Wildman–Crippen LogP) is 2.63. The first kappa shape index (κ1) is 10.9. The molecule has 2 rings (SSSR count). The van der Waals surface area contributed by atoms with E-state index in [1.54, 1.807) is 6.08 Å². The average Bonchev–Trinajstić information content (AvgIpc) is 2.30. The second kappa shape index (κ2) is 4.97. The van der Waals surface area contributed by atoms with E-state index < -0.39 is 0 Å². The highest BCUT2D eigenvalue weighted by molar-refractivity contribution is 5.91. The van der Waals surface area contributed by atoms with Crippen molar-refractivity contribution >= 4 is 5.78 Å². The van der Waals surface area contributed by atoms with Crippen LogP contribution in [0.15, 0.2) is 42.1 Å². The summed E-state index contributed by atoms with van der Waals surface area (Å²) < 4.78 is 0. The zero-order chi connectivity index (χ0) is 11.4. The molecule has 1 aromatic rings. The third kappa shape index (κ3) is 2.51. The number of ketones is 1. The van der Waals surface area contributed by atoms with E-state index >= 15 is 0 Å².